The van der Waals surface area contributed by atoms with Crippen LogP contribution >= 0.6 is 0 Å². The summed E-state index contributed by atoms with van der Waals surface area (Å²) in [6.07, 6.45) is 3.71. The highest BCUT2D eigenvalue weighted by Crippen LogP contribution is 2.27. The normalized spacial score (nSPS) is 12.5. The highest BCUT2D eigenvalue weighted by molar-refractivity contribution is 5.82. The molecule has 106 valence electrons. The van der Waals surface area contributed by atoms with Crippen LogP contribution in [0.3, 0.4) is 0 Å². The summed E-state index contributed by atoms with van der Waals surface area (Å²) in [4.78, 5) is 9.12. The number of pyridine rings is 2. The molecule has 2 aromatic heterocycles. The van der Waals surface area contributed by atoms with Crippen LogP contribution in [0.4, 0.5) is 0 Å². The Labute approximate surface area is 125 Å². The number of hydrogen-bond acceptors (Lipinski definition) is 3. The molecule has 3 heteroatoms. The van der Waals surface area contributed by atoms with Crippen molar-refractivity contribution >= 4 is 10.9 Å². The van der Waals surface area contributed by atoms with Gasteiger partial charge in [-0.05, 0) is 37.2 Å². The SMILES string of the molecule is CCNC(c1cc(C)ccn1)c1cccc2cccnc12. The van der Waals surface area contributed by atoms with Gasteiger partial charge in [-0.15, -0.1) is 0 Å². The molecule has 0 amide bonds. The Balaban J connectivity index is 2.16. The summed E-state index contributed by atoms with van der Waals surface area (Å²) in [5.74, 6) is 0. The Morgan fingerprint density at radius 2 is 1.90 bits per heavy atom. The van der Waals surface area contributed by atoms with Gasteiger partial charge in [0.25, 0.3) is 0 Å². The molecule has 0 radical (unpaired) electrons. The van der Waals surface area contributed by atoms with Crippen LogP contribution < -0.4 is 5.32 Å². The fourth-order valence-corrected chi connectivity index (χ4v) is 2.66. The van der Waals surface area contributed by atoms with E-state index in [0.717, 1.165) is 23.1 Å². The molecule has 1 aromatic carbocycles. The number of para-hydroxylation sites is 1. The molecule has 2 heterocycles. The number of nitrogens with one attached hydrogen (secondary N) is 1. The highest BCUT2D eigenvalue weighted by atomic mass is 14.9. The number of nitrogens with zero attached hydrogens (tertiary/aromatic N) is 2. The van der Waals surface area contributed by atoms with Crippen molar-refractivity contribution in [3.05, 3.63) is 71.7 Å². The van der Waals surface area contributed by atoms with Crippen LogP contribution in [-0.2, 0) is 0 Å². The highest BCUT2D eigenvalue weighted by Gasteiger charge is 2.17. The van der Waals surface area contributed by atoms with Gasteiger partial charge in [-0.2, -0.15) is 0 Å². The van der Waals surface area contributed by atoms with Gasteiger partial charge in [0.05, 0.1) is 17.3 Å². The van der Waals surface area contributed by atoms with Crippen molar-refractivity contribution in [1.29, 1.82) is 0 Å². The maximum Gasteiger partial charge on any atom is 0.0772 e. The van der Waals surface area contributed by atoms with E-state index in [1.807, 2.05) is 24.5 Å². The molecule has 3 aromatic rings. The molecule has 1 N–H and O–H groups in total. The molecular formula is C18H19N3. The fourth-order valence-electron chi connectivity index (χ4n) is 2.66. The third-order valence-electron chi connectivity index (χ3n) is 3.62. The molecule has 0 aliphatic heterocycles. The monoisotopic (exact) mass is 277 g/mol. The van der Waals surface area contributed by atoms with Gasteiger partial charge >= 0.3 is 0 Å². The zero-order valence-corrected chi connectivity index (χ0v) is 12.4. The summed E-state index contributed by atoms with van der Waals surface area (Å²) < 4.78 is 0. The maximum absolute atomic E-state index is 4.56. The molecule has 0 saturated carbocycles. The lowest BCUT2D eigenvalue weighted by atomic mass is 9.99. The van der Waals surface area contributed by atoms with E-state index in [4.69, 9.17) is 0 Å². The molecule has 1 unspecified atom stereocenters. The van der Waals surface area contributed by atoms with Crippen LogP contribution in [0, 0.1) is 6.92 Å². The van der Waals surface area contributed by atoms with E-state index in [9.17, 15) is 0 Å². The molecule has 3 nitrogen and oxygen atoms in total. The first-order valence-corrected chi connectivity index (χ1v) is 7.29. The van der Waals surface area contributed by atoms with Gasteiger partial charge in [0.2, 0.25) is 0 Å². The summed E-state index contributed by atoms with van der Waals surface area (Å²) in [6.45, 7) is 5.08. The minimum Gasteiger partial charge on any atom is -0.305 e. The zero-order valence-electron chi connectivity index (χ0n) is 12.4. The van der Waals surface area contributed by atoms with Crippen LogP contribution in [0.2, 0.25) is 0 Å². The third-order valence-corrected chi connectivity index (χ3v) is 3.62. The number of benzene rings is 1. The van der Waals surface area contributed by atoms with Crippen molar-refractivity contribution in [2.24, 2.45) is 0 Å². The summed E-state index contributed by atoms with van der Waals surface area (Å²) in [7, 11) is 0. The molecule has 0 aliphatic rings. The lowest BCUT2D eigenvalue weighted by Crippen LogP contribution is -2.23. The van der Waals surface area contributed by atoms with Gasteiger partial charge in [0.1, 0.15) is 0 Å². The lowest BCUT2D eigenvalue weighted by Gasteiger charge is -2.19. The average molecular weight is 277 g/mol. The molecule has 21 heavy (non-hydrogen) atoms. The van der Waals surface area contributed by atoms with Crippen molar-refractivity contribution in [3.63, 3.8) is 0 Å². The zero-order chi connectivity index (χ0) is 14.7. The van der Waals surface area contributed by atoms with Gasteiger partial charge in [-0.1, -0.05) is 31.2 Å². The topological polar surface area (TPSA) is 37.8 Å². The van der Waals surface area contributed by atoms with Crippen molar-refractivity contribution < 1.29 is 0 Å². The summed E-state index contributed by atoms with van der Waals surface area (Å²) >= 11 is 0. The predicted molar refractivity (Wildman–Crippen MR) is 86.2 cm³/mol. The van der Waals surface area contributed by atoms with E-state index in [-0.39, 0.29) is 6.04 Å². The van der Waals surface area contributed by atoms with Crippen LogP contribution in [0.1, 0.15) is 29.8 Å². The van der Waals surface area contributed by atoms with Crippen LogP contribution in [0.15, 0.2) is 54.9 Å². The Hall–Kier alpha value is -2.26. The quantitative estimate of drug-likeness (QED) is 0.791. The molecule has 3 rings (SSSR count). The first-order chi connectivity index (χ1) is 10.3. The maximum atomic E-state index is 4.56. The second kappa shape index (κ2) is 6.02. The van der Waals surface area contributed by atoms with Crippen LogP contribution in [0.5, 0.6) is 0 Å². The third kappa shape index (κ3) is 2.78. The second-order valence-corrected chi connectivity index (χ2v) is 5.17. The number of aryl methyl sites for hydroxylation is 1. The van der Waals surface area contributed by atoms with Crippen LogP contribution in [0.25, 0.3) is 10.9 Å². The Morgan fingerprint density at radius 1 is 1.05 bits per heavy atom. The largest absolute Gasteiger partial charge is 0.305 e. The van der Waals surface area contributed by atoms with E-state index in [1.54, 1.807) is 0 Å². The Kier molecular flexibility index (Phi) is 3.93. The van der Waals surface area contributed by atoms with Crippen molar-refractivity contribution in [2.75, 3.05) is 6.54 Å². The number of hydrogen-bond donors (Lipinski definition) is 1. The minimum absolute atomic E-state index is 0.0634. The fraction of sp³-hybridized carbons (Fsp3) is 0.222. The van der Waals surface area contributed by atoms with Crippen LogP contribution in [-0.4, -0.2) is 16.5 Å². The first kappa shape index (κ1) is 13.7. The van der Waals surface area contributed by atoms with Crippen molar-refractivity contribution in [1.82, 2.24) is 15.3 Å². The molecule has 0 fully saturated rings. The molecule has 1 atom stereocenters. The molecular weight excluding hydrogens is 258 g/mol. The van der Waals surface area contributed by atoms with E-state index >= 15 is 0 Å². The molecule has 0 spiro atoms. The van der Waals surface area contributed by atoms with Gasteiger partial charge in [-0.25, -0.2) is 0 Å². The molecule has 0 aliphatic carbocycles. The number of fused-ring (bicyclic) bond motifs is 1. The van der Waals surface area contributed by atoms with E-state index in [1.165, 1.54) is 11.1 Å². The number of aromatic nitrogens is 2. The average Bonchev–Trinajstić information content (AvgIpc) is 2.52. The minimum atomic E-state index is 0.0634. The van der Waals surface area contributed by atoms with Crippen molar-refractivity contribution in [3.8, 4) is 0 Å². The van der Waals surface area contributed by atoms with E-state index < -0.39 is 0 Å². The predicted octanol–water partition coefficient (Wildman–Crippen LogP) is 3.64. The van der Waals surface area contributed by atoms with E-state index in [2.05, 4.69) is 59.5 Å². The van der Waals surface area contributed by atoms with Crippen molar-refractivity contribution in [2.45, 2.75) is 19.9 Å². The summed E-state index contributed by atoms with van der Waals surface area (Å²) in [5.41, 5.74) is 4.47. The Morgan fingerprint density at radius 3 is 2.71 bits per heavy atom. The first-order valence-electron chi connectivity index (χ1n) is 7.29. The van der Waals surface area contributed by atoms with Gasteiger partial charge in [0.15, 0.2) is 0 Å². The second-order valence-electron chi connectivity index (χ2n) is 5.17. The van der Waals surface area contributed by atoms with E-state index in [0.29, 0.717) is 0 Å². The Bertz CT molecular complexity index is 747. The smallest absolute Gasteiger partial charge is 0.0772 e. The van der Waals surface area contributed by atoms with Gasteiger partial charge in [-0.3, -0.25) is 9.97 Å². The standard InChI is InChI=1S/C18H19N3/c1-3-19-18(16-12-13(2)9-11-20-16)15-8-4-6-14-7-5-10-21-17(14)15/h4-12,18-19H,3H2,1-2H3. The number of rotatable bonds is 4. The van der Waals surface area contributed by atoms with Gasteiger partial charge in [0, 0.05) is 23.3 Å². The molecule has 0 saturated heterocycles. The van der Waals surface area contributed by atoms with Gasteiger partial charge < -0.3 is 5.32 Å². The summed E-state index contributed by atoms with van der Waals surface area (Å²) in [5, 5.41) is 4.69. The summed E-state index contributed by atoms with van der Waals surface area (Å²) in [6, 6.07) is 14.6. The molecule has 0 bridgehead atoms. The lowest BCUT2D eigenvalue weighted by molar-refractivity contribution is 0.618.